The fraction of sp³-hybridized carbons (Fsp3) is 0.406. The van der Waals surface area contributed by atoms with E-state index in [0.717, 1.165) is 42.0 Å². The first-order valence-electron chi connectivity index (χ1n) is 13.8. The molecule has 37 heavy (non-hydrogen) atoms. The summed E-state index contributed by atoms with van der Waals surface area (Å²) in [6.45, 7) is 9.70. The zero-order chi connectivity index (χ0) is 25.8. The summed E-state index contributed by atoms with van der Waals surface area (Å²) in [4.78, 5) is 15.6. The molecule has 0 fully saturated rings. The summed E-state index contributed by atoms with van der Waals surface area (Å²) in [5.41, 5.74) is 3.18. The van der Waals surface area contributed by atoms with Crippen molar-refractivity contribution < 1.29 is 14.3 Å². The van der Waals surface area contributed by atoms with Crippen molar-refractivity contribution in [2.45, 2.75) is 64.5 Å². The van der Waals surface area contributed by atoms with E-state index in [4.69, 9.17) is 9.47 Å². The smallest absolute Gasteiger partial charge is 0.340 e. The minimum Gasteiger partial charge on any atom is -0.456 e. The van der Waals surface area contributed by atoms with Crippen molar-refractivity contribution in [3.8, 4) is 11.5 Å². The molecule has 2 aliphatic rings. The summed E-state index contributed by atoms with van der Waals surface area (Å²) in [5, 5.41) is 3.71. The molecule has 0 radical (unpaired) electrons. The third kappa shape index (κ3) is 4.61. The molecule has 1 spiro atoms. The van der Waals surface area contributed by atoms with Crippen molar-refractivity contribution in [1.29, 1.82) is 0 Å². The van der Waals surface area contributed by atoms with Crippen molar-refractivity contribution in [2.24, 2.45) is 0 Å². The van der Waals surface area contributed by atoms with Gasteiger partial charge in [0.05, 0.1) is 5.56 Å². The van der Waals surface area contributed by atoms with Crippen molar-refractivity contribution >= 4 is 11.7 Å². The third-order valence-corrected chi connectivity index (χ3v) is 7.88. The first-order chi connectivity index (χ1) is 18.1. The number of ether oxygens (including phenoxy) is 2. The molecule has 2 heterocycles. The first-order valence-corrected chi connectivity index (χ1v) is 13.8. The van der Waals surface area contributed by atoms with E-state index < -0.39 is 5.60 Å². The number of carbonyl (C=O) groups is 1. The molecule has 2 unspecified atom stereocenters. The fourth-order valence-electron chi connectivity index (χ4n) is 5.93. The van der Waals surface area contributed by atoms with E-state index in [0.29, 0.717) is 23.1 Å². The number of fused-ring (bicyclic) bond motifs is 6. The number of unbranched alkanes of at least 4 members (excludes halogenated alkanes) is 3. The highest BCUT2D eigenvalue weighted by atomic mass is 16.6. The second kappa shape index (κ2) is 11.0. The van der Waals surface area contributed by atoms with E-state index >= 15 is 0 Å². The summed E-state index contributed by atoms with van der Waals surface area (Å²) < 4.78 is 12.6. The first kappa shape index (κ1) is 25.3. The van der Waals surface area contributed by atoms with Gasteiger partial charge in [0.15, 0.2) is 5.60 Å². The minimum absolute atomic E-state index is 0.301. The monoisotopic (exact) mass is 498 g/mol. The Bertz CT molecular complexity index is 1250. The Hall–Kier alpha value is -3.31. The molecule has 194 valence electrons. The van der Waals surface area contributed by atoms with E-state index in [1.54, 1.807) is 0 Å². The molecule has 3 aromatic carbocycles. The van der Waals surface area contributed by atoms with Gasteiger partial charge in [0.2, 0.25) is 0 Å². The maximum atomic E-state index is 13.1. The summed E-state index contributed by atoms with van der Waals surface area (Å²) in [6, 6.07) is 22.2. The third-order valence-electron chi connectivity index (χ3n) is 7.88. The van der Waals surface area contributed by atoms with Crippen molar-refractivity contribution in [3.63, 3.8) is 0 Å². The molecule has 5 nitrogen and oxygen atoms in total. The molecular formula is C32H38N2O3. The van der Waals surface area contributed by atoms with Crippen LogP contribution in [0.3, 0.4) is 0 Å². The van der Waals surface area contributed by atoms with Crippen molar-refractivity contribution in [2.75, 3.05) is 25.0 Å². The Balaban J connectivity index is 1.48. The summed E-state index contributed by atoms with van der Waals surface area (Å²) in [6.07, 6.45) is 6.28. The van der Waals surface area contributed by atoms with Crippen LogP contribution in [0.5, 0.6) is 11.5 Å². The number of hydrogen-bond donors (Lipinski definition) is 1. The topological polar surface area (TPSA) is 50.8 Å². The summed E-state index contributed by atoms with van der Waals surface area (Å²) in [7, 11) is 0. The number of benzene rings is 3. The molecule has 0 aromatic heterocycles. The average Bonchev–Trinajstić information content (AvgIpc) is 3.23. The number of rotatable bonds is 11. The number of carbonyl (C=O) groups excluding carboxylic acids is 1. The van der Waals surface area contributed by atoms with Crippen LogP contribution in [0.1, 0.15) is 79.9 Å². The SMILES string of the molecule is CCCCCCC(CNc1ccc2c(c1)C1(OC(=O)c3ccccc31)c1ccccc1O2)N(CC)CC. The van der Waals surface area contributed by atoms with Crippen LogP contribution < -0.4 is 10.1 Å². The summed E-state index contributed by atoms with van der Waals surface area (Å²) in [5.74, 6) is 1.13. The maximum Gasteiger partial charge on any atom is 0.340 e. The zero-order valence-electron chi connectivity index (χ0n) is 22.3. The predicted octanol–water partition coefficient (Wildman–Crippen LogP) is 7.35. The van der Waals surface area contributed by atoms with Gasteiger partial charge in [-0.15, -0.1) is 0 Å². The van der Waals surface area contributed by atoms with E-state index in [2.05, 4.69) is 43.1 Å². The Morgan fingerprint density at radius 3 is 2.35 bits per heavy atom. The Labute approximate surface area is 220 Å². The highest BCUT2D eigenvalue weighted by molar-refractivity contribution is 5.97. The van der Waals surface area contributed by atoms with Gasteiger partial charge < -0.3 is 14.8 Å². The number of likely N-dealkylation sites (N-methyl/N-ethyl adjacent to an activating group) is 1. The Morgan fingerprint density at radius 1 is 0.838 bits per heavy atom. The second-order valence-electron chi connectivity index (χ2n) is 10.0. The molecule has 0 aliphatic carbocycles. The number of esters is 1. The normalized spacial score (nSPS) is 18.1. The van der Waals surface area contributed by atoms with Gasteiger partial charge in [0.25, 0.3) is 0 Å². The lowest BCUT2D eigenvalue weighted by molar-refractivity contribution is 0.0224. The zero-order valence-corrected chi connectivity index (χ0v) is 22.3. The van der Waals surface area contributed by atoms with Gasteiger partial charge in [0, 0.05) is 35.0 Å². The lowest BCUT2D eigenvalue weighted by Gasteiger charge is -2.37. The van der Waals surface area contributed by atoms with Crippen molar-refractivity contribution in [1.82, 2.24) is 4.90 Å². The van der Waals surface area contributed by atoms with Gasteiger partial charge in [-0.05, 0) is 49.8 Å². The fourth-order valence-corrected chi connectivity index (χ4v) is 5.93. The van der Waals surface area contributed by atoms with Crippen LogP contribution in [-0.2, 0) is 10.3 Å². The number of anilines is 1. The molecule has 5 rings (SSSR count). The molecule has 0 saturated carbocycles. The highest BCUT2D eigenvalue weighted by Crippen LogP contribution is 2.56. The molecular weight excluding hydrogens is 460 g/mol. The molecule has 1 N–H and O–H groups in total. The maximum absolute atomic E-state index is 13.1. The van der Waals surface area contributed by atoms with Crippen molar-refractivity contribution in [3.05, 3.63) is 89.0 Å². The Kier molecular flexibility index (Phi) is 7.52. The highest BCUT2D eigenvalue weighted by Gasteiger charge is 2.53. The standard InChI is InChI=1S/C32H38N2O3/c1-4-7-8-9-14-24(34(5-2)6-3)22-33-23-19-20-30-28(21-23)32(27-17-12-13-18-29(27)36-30)26-16-11-10-15-25(26)31(35)37-32/h10-13,15-21,24,33H,4-9,14,22H2,1-3H3. The van der Waals surface area contributed by atoms with E-state index in [1.165, 1.54) is 32.1 Å². The summed E-state index contributed by atoms with van der Waals surface area (Å²) >= 11 is 0. The largest absolute Gasteiger partial charge is 0.456 e. The molecule has 5 heteroatoms. The molecule has 2 atom stereocenters. The molecule has 3 aromatic rings. The molecule has 2 aliphatic heterocycles. The lowest BCUT2D eigenvalue weighted by atomic mass is 9.77. The molecule has 0 saturated heterocycles. The van der Waals surface area contributed by atoms with Crippen LogP contribution >= 0.6 is 0 Å². The average molecular weight is 499 g/mol. The van der Waals surface area contributed by atoms with Crippen LogP contribution in [0.25, 0.3) is 0 Å². The van der Waals surface area contributed by atoms with Gasteiger partial charge in [-0.2, -0.15) is 0 Å². The van der Waals surface area contributed by atoms with Crippen LogP contribution in [-0.4, -0.2) is 36.5 Å². The van der Waals surface area contributed by atoms with Crippen LogP contribution in [0.2, 0.25) is 0 Å². The number of para-hydroxylation sites is 1. The van der Waals surface area contributed by atoms with Gasteiger partial charge in [-0.1, -0.05) is 82.9 Å². The second-order valence-corrected chi connectivity index (χ2v) is 10.0. The number of nitrogens with one attached hydrogen (secondary N) is 1. The van der Waals surface area contributed by atoms with E-state index in [1.807, 2.05) is 54.6 Å². The van der Waals surface area contributed by atoms with E-state index in [-0.39, 0.29) is 5.97 Å². The van der Waals surface area contributed by atoms with Gasteiger partial charge >= 0.3 is 5.97 Å². The number of nitrogens with zero attached hydrogens (tertiary/aromatic N) is 1. The van der Waals surface area contributed by atoms with Crippen LogP contribution in [0.4, 0.5) is 5.69 Å². The molecule has 0 bridgehead atoms. The van der Waals surface area contributed by atoms with Crippen LogP contribution in [0, 0.1) is 0 Å². The van der Waals surface area contributed by atoms with Crippen LogP contribution in [0.15, 0.2) is 66.7 Å². The van der Waals surface area contributed by atoms with Gasteiger partial charge in [-0.3, -0.25) is 4.90 Å². The van der Waals surface area contributed by atoms with Gasteiger partial charge in [0.1, 0.15) is 11.5 Å². The predicted molar refractivity (Wildman–Crippen MR) is 149 cm³/mol. The quantitative estimate of drug-likeness (QED) is 0.221. The van der Waals surface area contributed by atoms with E-state index in [9.17, 15) is 4.79 Å². The Morgan fingerprint density at radius 2 is 1.57 bits per heavy atom. The number of hydrogen-bond acceptors (Lipinski definition) is 5. The lowest BCUT2D eigenvalue weighted by Crippen LogP contribution is -2.40. The molecule has 0 amide bonds. The minimum atomic E-state index is -1.02. The van der Waals surface area contributed by atoms with Gasteiger partial charge in [-0.25, -0.2) is 4.79 Å².